The summed E-state index contributed by atoms with van der Waals surface area (Å²) in [5.74, 6) is 0. The van der Waals surface area contributed by atoms with Crippen molar-refractivity contribution in [1.29, 1.82) is 5.26 Å². The second-order valence-corrected chi connectivity index (χ2v) is 2.41. The van der Waals surface area contributed by atoms with E-state index in [1.54, 1.807) is 0 Å². The van der Waals surface area contributed by atoms with Gasteiger partial charge in [-0.05, 0) is 18.2 Å². The molecule has 54 valence electrons. The number of hydrogen-bond donors (Lipinski definition) is 2. The number of thioether (sulfide) groups is 1. The monoisotopic (exact) mass is 148 g/mol. The molecule has 1 unspecified atom stereocenters. The Hall–Kier alpha value is -0.240. The molecular weight excluding hydrogens is 136 g/mol. The van der Waals surface area contributed by atoms with Gasteiger partial charge >= 0.3 is 0 Å². The Balaban J connectivity index is 0. The SMILES string of the molecule is CCCC(O)SC#N.N. The van der Waals surface area contributed by atoms with E-state index in [9.17, 15) is 0 Å². The van der Waals surface area contributed by atoms with Crippen LogP contribution >= 0.6 is 11.8 Å². The fraction of sp³-hybridized carbons (Fsp3) is 0.800. The predicted molar refractivity (Wildman–Crippen MR) is 39.1 cm³/mol. The number of hydrogen-bond acceptors (Lipinski definition) is 4. The van der Waals surface area contributed by atoms with E-state index in [0.717, 1.165) is 18.2 Å². The van der Waals surface area contributed by atoms with E-state index >= 15 is 0 Å². The standard InChI is InChI=1S/C5H9NOS.H3N/c1-2-3-5(7)8-4-6;/h5,7H,2-3H2,1H3;1H3. The quantitative estimate of drug-likeness (QED) is 0.469. The van der Waals surface area contributed by atoms with E-state index < -0.39 is 5.44 Å². The average molecular weight is 148 g/mol. The molecule has 0 aliphatic rings. The largest absolute Gasteiger partial charge is 0.381 e. The van der Waals surface area contributed by atoms with E-state index in [1.807, 2.05) is 12.3 Å². The summed E-state index contributed by atoms with van der Waals surface area (Å²) in [7, 11) is 0. The van der Waals surface area contributed by atoms with Crippen molar-refractivity contribution in [1.82, 2.24) is 6.15 Å². The summed E-state index contributed by atoms with van der Waals surface area (Å²) < 4.78 is 0. The van der Waals surface area contributed by atoms with Crippen LogP contribution in [0, 0.1) is 10.7 Å². The van der Waals surface area contributed by atoms with Gasteiger partial charge in [0.1, 0.15) is 10.8 Å². The Morgan fingerprint density at radius 1 is 1.78 bits per heavy atom. The highest BCUT2D eigenvalue weighted by Gasteiger charge is 1.99. The molecule has 0 bridgehead atoms. The molecule has 0 aromatic carbocycles. The van der Waals surface area contributed by atoms with Gasteiger partial charge in [-0.2, -0.15) is 5.26 Å². The lowest BCUT2D eigenvalue weighted by Crippen LogP contribution is -1.96. The Kier molecular flexibility index (Phi) is 9.95. The van der Waals surface area contributed by atoms with Crippen molar-refractivity contribution in [2.24, 2.45) is 0 Å². The van der Waals surface area contributed by atoms with Crippen LogP contribution < -0.4 is 6.15 Å². The number of aliphatic hydroxyl groups is 1. The molecule has 3 nitrogen and oxygen atoms in total. The van der Waals surface area contributed by atoms with Crippen molar-refractivity contribution in [3.63, 3.8) is 0 Å². The molecule has 0 aromatic heterocycles. The predicted octanol–water partition coefficient (Wildman–Crippen LogP) is 1.48. The Morgan fingerprint density at radius 3 is 2.67 bits per heavy atom. The molecular formula is C5H12N2OS. The zero-order valence-corrected chi connectivity index (χ0v) is 6.32. The summed E-state index contributed by atoms with van der Waals surface area (Å²) in [4.78, 5) is 0. The van der Waals surface area contributed by atoms with Gasteiger partial charge in [-0.1, -0.05) is 13.3 Å². The van der Waals surface area contributed by atoms with Gasteiger partial charge in [0, 0.05) is 0 Å². The normalized spacial score (nSPS) is 11.2. The van der Waals surface area contributed by atoms with Gasteiger partial charge in [0.2, 0.25) is 0 Å². The fourth-order valence-electron chi connectivity index (χ4n) is 0.367. The zero-order valence-electron chi connectivity index (χ0n) is 5.50. The van der Waals surface area contributed by atoms with Crippen molar-refractivity contribution in [2.75, 3.05) is 0 Å². The molecule has 0 fully saturated rings. The lowest BCUT2D eigenvalue weighted by molar-refractivity contribution is 0.252. The molecule has 9 heavy (non-hydrogen) atoms. The van der Waals surface area contributed by atoms with Crippen LogP contribution in [-0.2, 0) is 0 Å². The Labute approximate surface area is 59.6 Å². The Morgan fingerprint density at radius 2 is 2.33 bits per heavy atom. The average Bonchev–Trinajstić information content (AvgIpc) is 1.68. The maximum absolute atomic E-state index is 8.79. The first-order valence-electron chi connectivity index (χ1n) is 2.54. The van der Waals surface area contributed by atoms with Crippen molar-refractivity contribution < 1.29 is 5.11 Å². The van der Waals surface area contributed by atoms with E-state index in [2.05, 4.69) is 0 Å². The second-order valence-electron chi connectivity index (χ2n) is 1.45. The number of rotatable bonds is 3. The number of nitriles is 1. The van der Waals surface area contributed by atoms with Crippen molar-refractivity contribution in [2.45, 2.75) is 25.2 Å². The maximum atomic E-state index is 8.79. The molecule has 1 atom stereocenters. The topological polar surface area (TPSA) is 79.0 Å². The first-order chi connectivity index (χ1) is 3.81. The van der Waals surface area contributed by atoms with Crippen molar-refractivity contribution in [3.05, 3.63) is 0 Å². The van der Waals surface area contributed by atoms with Gasteiger partial charge in [0.25, 0.3) is 0 Å². The summed E-state index contributed by atoms with van der Waals surface area (Å²) in [6, 6.07) is 0. The maximum Gasteiger partial charge on any atom is 0.136 e. The van der Waals surface area contributed by atoms with Gasteiger partial charge < -0.3 is 11.3 Å². The van der Waals surface area contributed by atoms with Gasteiger partial charge in [0.15, 0.2) is 0 Å². The summed E-state index contributed by atoms with van der Waals surface area (Å²) in [5.41, 5.74) is -0.481. The van der Waals surface area contributed by atoms with Crippen LogP contribution in [-0.4, -0.2) is 10.5 Å². The number of nitrogens with zero attached hydrogens (tertiary/aromatic N) is 1. The third kappa shape index (κ3) is 7.76. The van der Waals surface area contributed by atoms with Crippen LogP contribution in [0.1, 0.15) is 19.8 Å². The molecule has 0 aliphatic carbocycles. The lowest BCUT2D eigenvalue weighted by Gasteiger charge is -1.99. The van der Waals surface area contributed by atoms with Crippen LogP contribution in [0.4, 0.5) is 0 Å². The molecule has 0 saturated carbocycles. The van der Waals surface area contributed by atoms with Gasteiger partial charge in [-0.15, -0.1) is 0 Å². The van der Waals surface area contributed by atoms with E-state index in [1.165, 1.54) is 0 Å². The first kappa shape index (κ1) is 11.5. The molecule has 0 heterocycles. The van der Waals surface area contributed by atoms with Crippen LogP contribution in [0.2, 0.25) is 0 Å². The zero-order chi connectivity index (χ0) is 6.41. The Bertz CT molecular complexity index is 91.4. The summed E-state index contributed by atoms with van der Waals surface area (Å²) in [5, 5.41) is 18.6. The highest BCUT2D eigenvalue weighted by Crippen LogP contribution is 2.10. The van der Waals surface area contributed by atoms with Crippen LogP contribution in [0.3, 0.4) is 0 Å². The molecule has 0 radical (unpaired) electrons. The minimum atomic E-state index is -0.481. The van der Waals surface area contributed by atoms with Gasteiger partial charge in [0.05, 0.1) is 0 Å². The molecule has 0 saturated heterocycles. The van der Waals surface area contributed by atoms with E-state index in [-0.39, 0.29) is 6.15 Å². The first-order valence-corrected chi connectivity index (χ1v) is 3.42. The van der Waals surface area contributed by atoms with E-state index in [0.29, 0.717) is 6.42 Å². The van der Waals surface area contributed by atoms with Crippen LogP contribution in [0.15, 0.2) is 0 Å². The van der Waals surface area contributed by atoms with Crippen molar-refractivity contribution >= 4 is 11.8 Å². The van der Waals surface area contributed by atoms with Gasteiger partial charge in [-0.25, -0.2) is 0 Å². The second kappa shape index (κ2) is 7.76. The molecule has 0 aliphatic heterocycles. The summed E-state index contributed by atoms with van der Waals surface area (Å²) >= 11 is 0.917. The van der Waals surface area contributed by atoms with Crippen LogP contribution in [0.25, 0.3) is 0 Å². The summed E-state index contributed by atoms with van der Waals surface area (Å²) in [6.45, 7) is 1.97. The smallest absolute Gasteiger partial charge is 0.136 e. The number of aliphatic hydroxyl groups excluding tert-OH is 1. The van der Waals surface area contributed by atoms with Gasteiger partial charge in [-0.3, -0.25) is 0 Å². The number of thiocyanates is 1. The minimum Gasteiger partial charge on any atom is -0.381 e. The molecule has 4 heteroatoms. The fourth-order valence-corrected chi connectivity index (χ4v) is 0.842. The highest BCUT2D eigenvalue weighted by atomic mass is 32.2. The summed E-state index contributed by atoms with van der Waals surface area (Å²) in [6.07, 6.45) is 1.63. The molecule has 0 amide bonds. The third-order valence-electron chi connectivity index (χ3n) is 0.724. The van der Waals surface area contributed by atoms with Crippen LogP contribution in [0.5, 0.6) is 0 Å². The van der Waals surface area contributed by atoms with Crippen molar-refractivity contribution in [3.8, 4) is 5.40 Å². The lowest BCUT2D eigenvalue weighted by atomic mass is 10.4. The molecule has 0 spiro atoms. The molecule has 0 rings (SSSR count). The van der Waals surface area contributed by atoms with E-state index in [4.69, 9.17) is 10.4 Å². The minimum absolute atomic E-state index is 0. The highest BCUT2D eigenvalue weighted by molar-refractivity contribution is 8.04. The third-order valence-corrected chi connectivity index (χ3v) is 1.34. The molecule has 0 aromatic rings. The molecule has 4 N–H and O–H groups in total.